The molecule has 0 amide bonds. The van der Waals surface area contributed by atoms with E-state index in [1.807, 2.05) is 6.92 Å². The molecule has 3 aromatic rings. The monoisotopic (exact) mass is 648 g/mol. The van der Waals surface area contributed by atoms with Crippen molar-refractivity contribution in [2.24, 2.45) is 0 Å². The van der Waals surface area contributed by atoms with Gasteiger partial charge in [0.2, 0.25) is 0 Å². The number of thiazole rings is 1. The minimum absolute atomic E-state index is 0.0311. The molecule has 2 aromatic heterocycles. The summed E-state index contributed by atoms with van der Waals surface area (Å²) in [5.74, 6) is -1.52. The van der Waals surface area contributed by atoms with E-state index in [-0.39, 0.29) is 47.7 Å². The maximum absolute atomic E-state index is 14.7. The zero-order valence-corrected chi connectivity index (χ0v) is 26.2. The first-order valence-electron chi connectivity index (χ1n) is 15.0. The van der Waals surface area contributed by atoms with Crippen LogP contribution >= 0.6 is 11.3 Å². The summed E-state index contributed by atoms with van der Waals surface area (Å²) >= 11 is 1.25. The average Bonchev–Trinajstić information content (AvgIpc) is 3.58. The number of nitrogens with zero attached hydrogens (tertiary/aromatic N) is 6. The van der Waals surface area contributed by atoms with Crippen molar-refractivity contribution in [1.82, 2.24) is 24.8 Å². The Morgan fingerprint density at radius 1 is 1.09 bits per heavy atom. The predicted molar refractivity (Wildman–Crippen MR) is 162 cm³/mol. The number of alkyl halides is 3. The Balaban J connectivity index is 1.34. The molecule has 9 nitrogen and oxygen atoms in total. The van der Waals surface area contributed by atoms with Gasteiger partial charge in [-0.2, -0.15) is 13.2 Å². The van der Waals surface area contributed by atoms with E-state index in [1.54, 1.807) is 0 Å². The molecule has 0 bridgehead atoms. The Hall–Kier alpha value is -3.49. The van der Waals surface area contributed by atoms with E-state index >= 15 is 0 Å². The minimum atomic E-state index is -4.73. The number of hydrogen-bond acceptors (Lipinski definition) is 9. The van der Waals surface area contributed by atoms with Crippen molar-refractivity contribution in [3.8, 4) is 11.3 Å². The van der Waals surface area contributed by atoms with Gasteiger partial charge in [-0.25, -0.2) is 19.3 Å². The van der Waals surface area contributed by atoms with Crippen molar-refractivity contribution in [3.05, 3.63) is 57.0 Å². The van der Waals surface area contributed by atoms with Crippen molar-refractivity contribution in [2.75, 3.05) is 37.6 Å². The average molecular weight is 649 g/mol. The second-order valence-electron chi connectivity index (χ2n) is 11.8. The van der Waals surface area contributed by atoms with E-state index < -0.39 is 29.1 Å². The van der Waals surface area contributed by atoms with Crippen LogP contribution in [0.1, 0.15) is 64.6 Å². The fourth-order valence-corrected chi connectivity index (χ4v) is 7.12. The number of halogens is 4. The lowest BCUT2D eigenvalue weighted by molar-refractivity contribution is -0.138. The normalized spacial score (nSPS) is 19.8. The molecule has 0 aliphatic carbocycles. The molecule has 0 radical (unpaired) electrons. The number of aromatic nitrogens is 3. The summed E-state index contributed by atoms with van der Waals surface area (Å²) in [7, 11) is 0. The first-order chi connectivity index (χ1) is 21.3. The third kappa shape index (κ3) is 7.67. The van der Waals surface area contributed by atoms with Crippen molar-refractivity contribution in [2.45, 2.75) is 71.3 Å². The molecule has 2 saturated heterocycles. The highest BCUT2D eigenvalue weighted by molar-refractivity contribution is 7.12. The number of carboxylic acids is 1. The zero-order chi connectivity index (χ0) is 32.5. The molecule has 4 heterocycles. The van der Waals surface area contributed by atoms with E-state index in [2.05, 4.69) is 36.6 Å². The third-order valence-electron chi connectivity index (χ3n) is 8.59. The fourth-order valence-electron chi connectivity index (χ4n) is 6.00. The van der Waals surface area contributed by atoms with Gasteiger partial charge in [0.05, 0.1) is 36.5 Å². The van der Waals surface area contributed by atoms with Crippen LogP contribution in [0, 0.1) is 12.7 Å². The van der Waals surface area contributed by atoms with Crippen LogP contribution in [0.15, 0.2) is 24.5 Å². The second kappa shape index (κ2) is 13.5. The quantitative estimate of drug-likeness (QED) is 0.227. The zero-order valence-electron chi connectivity index (χ0n) is 25.4. The van der Waals surface area contributed by atoms with E-state index in [1.165, 1.54) is 23.7 Å². The number of rotatable bonds is 10. The van der Waals surface area contributed by atoms with Gasteiger partial charge in [0.25, 0.3) is 0 Å². The van der Waals surface area contributed by atoms with Crippen LogP contribution in [0.2, 0.25) is 0 Å². The van der Waals surface area contributed by atoms with Crippen molar-refractivity contribution >= 4 is 28.9 Å². The van der Waals surface area contributed by atoms with Gasteiger partial charge < -0.3 is 10.0 Å². The summed E-state index contributed by atoms with van der Waals surface area (Å²) in [6.07, 6.45) is 0.192. The lowest BCUT2D eigenvalue weighted by atomic mass is 10.0. The Kier molecular flexibility index (Phi) is 9.85. The molecule has 45 heavy (non-hydrogen) atoms. The summed E-state index contributed by atoms with van der Waals surface area (Å²) in [4.78, 5) is 44.6. The SMILES string of the molecule is Cc1c(F)cc(-c2nc(CC(=O)c3cnc(N4CCN(CCC(=O)O)C[C@@H]4C)cn3)sc2CN2CCC[C@H]2C)cc1C(F)(F)F. The molecule has 1 N–H and O–H groups in total. The van der Waals surface area contributed by atoms with Gasteiger partial charge in [-0.05, 0) is 57.9 Å². The highest BCUT2D eigenvalue weighted by atomic mass is 32.1. The molecule has 2 atom stereocenters. The van der Waals surface area contributed by atoms with E-state index in [4.69, 9.17) is 5.11 Å². The van der Waals surface area contributed by atoms with Gasteiger partial charge >= 0.3 is 12.1 Å². The lowest BCUT2D eigenvalue weighted by Crippen LogP contribution is -2.52. The highest BCUT2D eigenvalue weighted by Crippen LogP contribution is 2.38. The number of carbonyl (C=O) groups excluding carboxylic acids is 1. The van der Waals surface area contributed by atoms with E-state index in [0.29, 0.717) is 48.4 Å². The summed E-state index contributed by atoms with van der Waals surface area (Å²) in [6.45, 7) is 8.96. The Morgan fingerprint density at radius 2 is 1.87 bits per heavy atom. The first kappa shape index (κ1) is 32.9. The molecule has 14 heteroatoms. The van der Waals surface area contributed by atoms with Gasteiger partial charge in [-0.3, -0.25) is 19.4 Å². The maximum atomic E-state index is 14.7. The number of aliphatic carboxylic acids is 1. The smallest absolute Gasteiger partial charge is 0.416 e. The Labute approximate surface area is 262 Å². The van der Waals surface area contributed by atoms with Crippen molar-refractivity contribution in [1.29, 1.82) is 0 Å². The lowest BCUT2D eigenvalue weighted by Gasteiger charge is -2.40. The molecular formula is C31H36F4N6O3S. The third-order valence-corrected chi connectivity index (χ3v) is 9.63. The number of carbonyl (C=O) groups is 2. The van der Waals surface area contributed by atoms with Crippen molar-refractivity contribution in [3.63, 3.8) is 0 Å². The number of benzene rings is 1. The van der Waals surface area contributed by atoms with Crippen LogP contribution in [0.5, 0.6) is 0 Å². The second-order valence-corrected chi connectivity index (χ2v) is 13.0. The number of carboxylic acid groups (broad SMARTS) is 1. The predicted octanol–water partition coefficient (Wildman–Crippen LogP) is 5.46. The maximum Gasteiger partial charge on any atom is 0.416 e. The number of ketones is 1. The number of likely N-dealkylation sites (tertiary alicyclic amines) is 1. The molecule has 0 unspecified atom stereocenters. The molecule has 0 spiro atoms. The Bertz CT molecular complexity index is 1550. The molecule has 0 saturated carbocycles. The first-order valence-corrected chi connectivity index (χ1v) is 15.8. The molecular weight excluding hydrogens is 612 g/mol. The minimum Gasteiger partial charge on any atom is -0.481 e. The van der Waals surface area contributed by atoms with E-state index in [0.717, 1.165) is 38.4 Å². The standard InChI is InChI=1S/C31H36F4N6O3S/c1-18-5-4-7-40(18)17-26-30(21-11-22(31(33,34)35)20(3)23(32)12-21)38-28(45-26)13-25(42)24-14-37-27(15-36-24)41-10-9-39(16-19(41)2)8-6-29(43)44/h11-12,14-15,18-19H,4-10,13,16-17H2,1-3H3,(H,43,44)/t18-,19+/m1/s1. The van der Waals surface area contributed by atoms with Crippen LogP contribution in [-0.2, 0) is 23.9 Å². The largest absolute Gasteiger partial charge is 0.481 e. The summed E-state index contributed by atoms with van der Waals surface area (Å²) in [5, 5.41) is 9.36. The van der Waals surface area contributed by atoms with Gasteiger partial charge in [-0.1, -0.05) is 0 Å². The molecule has 2 aliphatic heterocycles. The van der Waals surface area contributed by atoms with Crippen LogP contribution in [0.4, 0.5) is 23.4 Å². The number of piperazine rings is 1. The van der Waals surface area contributed by atoms with Crippen LogP contribution in [-0.4, -0.2) is 86.4 Å². The summed E-state index contributed by atoms with van der Waals surface area (Å²) < 4.78 is 55.9. The van der Waals surface area contributed by atoms with Crippen LogP contribution in [0.25, 0.3) is 11.3 Å². The topological polar surface area (TPSA) is 103 Å². The van der Waals surface area contributed by atoms with Gasteiger partial charge in [0.1, 0.15) is 22.3 Å². The van der Waals surface area contributed by atoms with Crippen LogP contribution < -0.4 is 4.90 Å². The van der Waals surface area contributed by atoms with Crippen molar-refractivity contribution < 1.29 is 32.3 Å². The summed E-state index contributed by atoms with van der Waals surface area (Å²) in [5.41, 5.74) is -1.09. The number of hydrogen-bond donors (Lipinski definition) is 1. The van der Waals surface area contributed by atoms with Gasteiger partial charge in [0, 0.05) is 55.2 Å². The Morgan fingerprint density at radius 3 is 2.49 bits per heavy atom. The number of Topliss-reactive ketones (excluding diaryl/α,β-unsaturated/α-hetero) is 1. The fraction of sp³-hybridized carbons (Fsp3) is 0.516. The van der Waals surface area contributed by atoms with E-state index in [9.17, 15) is 27.2 Å². The molecule has 5 rings (SSSR count). The molecule has 2 fully saturated rings. The number of anilines is 1. The highest BCUT2D eigenvalue weighted by Gasteiger charge is 2.35. The van der Waals surface area contributed by atoms with Crippen LogP contribution in [0.3, 0.4) is 0 Å². The summed E-state index contributed by atoms with van der Waals surface area (Å²) in [6, 6.07) is 2.38. The van der Waals surface area contributed by atoms with Gasteiger partial charge in [-0.15, -0.1) is 11.3 Å². The van der Waals surface area contributed by atoms with Gasteiger partial charge in [0.15, 0.2) is 5.78 Å². The molecule has 1 aromatic carbocycles. The molecule has 2 aliphatic rings. The molecule has 242 valence electrons.